The van der Waals surface area contributed by atoms with E-state index in [1.54, 1.807) is 6.07 Å². The van der Waals surface area contributed by atoms with Crippen molar-refractivity contribution in [3.63, 3.8) is 0 Å². The fraction of sp³-hybridized carbons (Fsp3) is 0.364. The van der Waals surface area contributed by atoms with Crippen molar-refractivity contribution < 1.29 is 4.79 Å². The molecule has 1 heteroatoms. The fourth-order valence-corrected chi connectivity index (χ4v) is 1.04. The van der Waals surface area contributed by atoms with Crippen LogP contribution in [0.1, 0.15) is 36.5 Å². The smallest absolute Gasteiger partial charge is 0.163 e. The average Bonchev–Trinajstić information content (AvgIpc) is 2.15. The Morgan fingerprint density at radius 1 is 1.50 bits per heavy atom. The van der Waals surface area contributed by atoms with E-state index in [1.807, 2.05) is 18.2 Å². The molecule has 1 aromatic rings. The van der Waals surface area contributed by atoms with Crippen molar-refractivity contribution in [1.82, 2.24) is 0 Å². The quantitative estimate of drug-likeness (QED) is 0.620. The molecule has 0 amide bonds. The molecule has 0 N–H and O–H groups in total. The number of rotatable bonds is 4. The molecule has 0 aromatic heterocycles. The first-order valence-electron chi connectivity index (χ1n) is 4.34. The van der Waals surface area contributed by atoms with E-state index < -0.39 is 0 Å². The highest BCUT2D eigenvalue weighted by atomic mass is 16.1. The molecule has 0 heterocycles. The number of benzene rings is 1. The van der Waals surface area contributed by atoms with Gasteiger partial charge in [-0.25, -0.2) is 0 Å². The Balaban J connectivity index is 2.54. The Morgan fingerprint density at radius 3 is 2.92 bits per heavy atom. The zero-order chi connectivity index (χ0) is 8.81. The Morgan fingerprint density at radius 2 is 2.33 bits per heavy atom. The molecule has 0 aliphatic heterocycles. The second-order valence-electron chi connectivity index (χ2n) is 2.80. The molecule has 0 fully saturated rings. The predicted octanol–water partition coefficient (Wildman–Crippen LogP) is 2.86. The molecule has 0 aliphatic carbocycles. The number of ketones is 1. The SMILES string of the molecule is CCCCC(=O)c1[c]cccc1. The molecule has 0 saturated carbocycles. The monoisotopic (exact) mass is 161 g/mol. The fourth-order valence-electron chi connectivity index (χ4n) is 1.04. The molecule has 1 nitrogen and oxygen atoms in total. The van der Waals surface area contributed by atoms with Crippen molar-refractivity contribution >= 4 is 5.78 Å². The van der Waals surface area contributed by atoms with Gasteiger partial charge in [-0.2, -0.15) is 0 Å². The molecular formula is C11H13O. The van der Waals surface area contributed by atoms with Crippen molar-refractivity contribution in [2.24, 2.45) is 0 Å². The van der Waals surface area contributed by atoms with Crippen LogP contribution in [0.15, 0.2) is 24.3 Å². The van der Waals surface area contributed by atoms with Crippen LogP contribution in [0, 0.1) is 6.07 Å². The number of hydrogen-bond acceptors (Lipinski definition) is 1. The first-order valence-corrected chi connectivity index (χ1v) is 4.34. The van der Waals surface area contributed by atoms with Gasteiger partial charge in [-0.3, -0.25) is 4.79 Å². The van der Waals surface area contributed by atoms with Crippen LogP contribution in [-0.2, 0) is 0 Å². The number of carbonyl (C=O) groups excluding carboxylic acids is 1. The van der Waals surface area contributed by atoms with Crippen LogP contribution in [-0.4, -0.2) is 5.78 Å². The summed E-state index contributed by atoms with van der Waals surface area (Å²) in [5.41, 5.74) is 0.714. The summed E-state index contributed by atoms with van der Waals surface area (Å²) in [6.07, 6.45) is 2.69. The molecular weight excluding hydrogens is 148 g/mol. The topological polar surface area (TPSA) is 17.1 Å². The van der Waals surface area contributed by atoms with E-state index >= 15 is 0 Å². The van der Waals surface area contributed by atoms with E-state index in [-0.39, 0.29) is 5.78 Å². The minimum atomic E-state index is 0.206. The zero-order valence-corrected chi connectivity index (χ0v) is 7.34. The maximum absolute atomic E-state index is 11.4. The minimum Gasteiger partial charge on any atom is -0.294 e. The maximum Gasteiger partial charge on any atom is 0.163 e. The molecule has 0 unspecified atom stereocenters. The normalized spacial score (nSPS) is 9.75. The molecule has 0 atom stereocenters. The summed E-state index contributed by atoms with van der Waals surface area (Å²) in [6, 6.07) is 10.3. The molecule has 0 spiro atoms. The third kappa shape index (κ3) is 2.50. The number of carbonyl (C=O) groups is 1. The van der Waals surface area contributed by atoms with Gasteiger partial charge in [0.25, 0.3) is 0 Å². The van der Waals surface area contributed by atoms with Gasteiger partial charge < -0.3 is 0 Å². The molecule has 63 valence electrons. The first kappa shape index (κ1) is 8.98. The lowest BCUT2D eigenvalue weighted by atomic mass is 10.1. The van der Waals surface area contributed by atoms with Gasteiger partial charge in [-0.05, 0) is 12.5 Å². The summed E-state index contributed by atoms with van der Waals surface area (Å²) in [5, 5.41) is 0. The Hall–Kier alpha value is -1.11. The lowest BCUT2D eigenvalue weighted by Gasteiger charge is -1.97. The molecule has 12 heavy (non-hydrogen) atoms. The third-order valence-electron chi connectivity index (χ3n) is 1.77. The number of unbranched alkanes of at least 4 members (excludes halogenated alkanes) is 1. The van der Waals surface area contributed by atoms with Crippen LogP contribution in [0.5, 0.6) is 0 Å². The van der Waals surface area contributed by atoms with Crippen molar-refractivity contribution in [2.45, 2.75) is 26.2 Å². The van der Waals surface area contributed by atoms with E-state index in [2.05, 4.69) is 13.0 Å². The van der Waals surface area contributed by atoms with Crippen molar-refractivity contribution in [3.05, 3.63) is 35.9 Å². The standard InChI is InChI=1S/C11H13O/c1-2-3-9-11(12)10-7-5-4-6-8-10/h4-7H,2-3,9H2,1H3. The highest BCUT2D eigenvalue weighted by molar-refractivity contribution is 5.95. The number of Topliss-reactive ketones (excluding diaryl/α,β-unsaturated/α-hetero) is 1. The molecule has 0 saturated heterocycles. The molecule has 1 radical (unpaired) electrons. The van der Waals surface area contributed by atoms with Crippen LogP contribution < -0.4 is 0 Å². The van der Waals surface area contributed by atoms with Gasteiger partial charge in [-0.1, -0.05) is 37.6 Å². The summed E-state index contributed by atoms with van der Waals surface area (Å²) in [7, 11) is 0. The van der Waals surface area contributed by atoms with Gasteiger partial charge in [0.15, 0.2) is 5.78 Å². The Bertz CT molecular complexity index is 238. The van der Waals surface area contributed by atoms with E-state index in [9.17, 15) is 4.79 Å². The van der Waals surface area contributed by atoms with Crippen LogP contribution in [0.25, 0.3) is 0 Å². The summed E-state index contributed by atoms with van der Waals surface area (Å²) in [5.74, 6) is 0.206. The Labute approximate surface area is 73.4 Å². The van der Waals surface area contributed by atoms with Crippen LogP contribution in [0.4, 0.5) is 0 Å². The highest BCUT2D eigenvalue weighted by Crippen LogP contribution is 2.05. The van der Waals surface area contributed by atoms with E-state index in [0.717, 1.165) is 12.8 Å². The molecule has 1 aromatic carbocycles. The van der Waals surface area contributed by atoms with Gasteiger partial charge >= 0.3 is 0 Å². The minimum absolute atomic E-state index is 0.206. The zero-order valence-electron chi connectivity index (χ0n) is 7.34. The van der Waals surface area contributed by atoms with Crippen LogP contribution in [0.2, 0.25) is 0 Å². The summed E-state index contributed by atoms with van der Waals surface area (Å²) >= 11 is 0. The van der Waals surface area contributed by atoms with Crippen molar-refractivity contribution in [2.75, 3.05) is 0 Å². The summed E-state index contributed by atoms with van der Waals surface area (Å²) in [6.45, 7) is 2.09. The van der Waals surface area contributed by atoms with Gasteiger partial charge in [0.2, 0.25) is 0 Å². The van der Waals surface area contributed by atoms with Crippen LogP contribution >= 0.6 is 0 Å². The van der Waals surface area contributed by atoms with Gasteiger partial charge in [0, 0.05) is 12.0 Å². The molecule has 0 aliphatic rings. The Kier molecular flexibility index (Phi) is 3.52. The van der Waals surface area contributed by atoms with Crippen LogP contribution in [0.3, 0.4) is 0 Å². The van der Waals surface area contributed by atoms with E-state index in [4.69, 9.17) is 0 Å². The lowest BCUT2D eigenvalue weighted by Crippen LogP contribution is -1.97. The number of hydrogen-bond donors (Lipinski definition) is 0. The second kappa shape index (κ2) is 4.70. The van der Waals surface area contributed by atoms with Gasteiger partial charge in [0.1, 0.15) is 0 Å². The first-order chi connectivity index (χ1) is 5.84. The van der Waals surface area contributed by atoms with Gasteiger partial charge in [0.05, 0.1) is 0 Å². The summed E-state index contributed by atoms with van der Waals surface area (Å²) in [4.78, 5) is 11.4. The lowest BCUT2D eigenvalue weighted by molar-refractivity contribution is 0.0979. The molecule has 1 rings (SSSR count). The maximum atomic E-state index is 11.4. The van der Waals surface area contributed by atoms with Gasteiger partial charge in [-0.15, -0.1) is 0 Å². The summed E-state index contributed by atoms with van der Waals surface area (Å²) < 4.78 is 0. The molecule has 0 bridgehead atoms. The predicted molar refractivity (Wildman–Crippen MR) is 49.1 cm³/mol. The van der Waals surface area contributed by atoms with E-state index in [0.29, 0.717) is 12.0 Å². The average molecular weight is 161 g/mol. The third-order valence-corrected chi connectivity index (χ3v) is 1.77. The van der Waals surface area contributed by atoms with Crippen molar-refractivity contribution in [3.8, 4) is 0 Å². The second-order valence-corrected chi connectivity index (χ2v) is 2.80. The largest absolute Gasteiger partial charge is 0.294 e. The highest BCUT2D eigenvalue weighted by Gasteiger charge is 2.02. The van der Waals surface area contributed by atoms with E-state index in [1.165, 1.54) is 0 Å². The van der Waals surface area contributed by atoms with Crippen molar-refractivity contribution in [1.29, 1.82) is 0 Å².